The van der Waals surface area contributed by atoms with Crippen molar-refractivity contribution in [2.75, 3.05) is 0 Å². The van der Waals surface area contributed by atoms with Crippen LogP contribution in [0.25, 0.3) is 0 Å². The van der Waals surface area contributed by atoms with Crippen molar-refractivity contribution in [3.05, 3.63) is 0 Å². The van der Waals surface area contributed by atoms with Gasteiger partial charge in [-0.15, -0.1) is 6.42 Å². The second kappa shape index (κ2) is 11.1. The van der Waals surface area contributed by atoms with Crippen molar-refractivity contribution in [3.8, 4) is 12.3 Å². The average molecular weight is 295 g/mol. The first-order valence-corrected chi connectivity index (χ1v) is 8.97. The minimum atomic E-state index is -0.912. The van der Waals surface area contributed by atoms with Gasteiger partial charge in [-0.2, -0.15) is 0 Å². The fourth-order valence-corrected chi connectivity index (χ4v) is 2.84. The Balaban J connectivity index is 3.57. The van der Waals surface area contributed by atoms with Crippen LogP contribution in [0.15, 0.2) is 0 Å². The quantitative estimate of drug-likeness (QED) is 0.450. The Labute approximate surface area is 133 Å². The summed E-state index contributed by atoms with van der Waals surface area (Å²) >= 11 is 0. The molecule has 0 aliphatic carbocycles. The lowest BCUT2D eigenvalue weighted by Gasteiger charge is -2.18. The van der Waals surface area contributed by atoms with Crippen LogP contribution >= 0.6 is 0 Å². The van der Waals surface area contributed by atoms with Crippen molar-refractivity contribution in [2.24, 2.45) is 17.8 Å². The molecule has 124 valence electrons. The van der Waals surface area contributed by atoms with Crippen LogP contribution in [0.1, 0.15) is 92.4 Å². The Hall–Kier alpha value is -0.480. The van der Waals surface area contributed by atoms with Gasteiger partial charge in [-0.1, -0.05) is 78.6 Å². The van der Waals surface area contributed by atoms with E-state index in [1.807, 2.05) is 0 Å². The molecule has 3 atom stereocenters. The lowest BCUT2D eigenvalue weighted by molar-refractivity contribution is 0.107. The standard InChI is InChI=1S/C20H38O/c1-7-20(6,21)16-10-15-19(5)14-9-13-18(4)12-8-11-17(2)3/h1,17-19,21H,8-16H2,2-6H3/t18-,19+,20-/m0/s1. The maximum atomic E-state index is 9.77. The van der Waals surface area contributed by atoms with E-state index in [1.165, 1.54) is 44.9 Å². The zero-order chi connectivity index (χ0) is 16.3. The molecule has 0 aliphatic rings. The van der Waals surface area contributed by atoms with Crippen LogP contribution in [-0.2, 0) is 0 Å². The molecule has 1 N–H and O–H groups in total. The molecule has 0 aromatic rings. The fraction of sp³-hybridized carbons (Fsp3) is 0.900. The van der Waals surface area contributed by atoms with E-state index in [4.69, 9.17) is 6.42 Å². The molecule has 0 unspecified atom stereocenters. The summed E-state index contributed by atoms with van der Waals surface area (Å²) in [4.78, 5) is 0. The highest BCUT2D eigenvalue weighted by molar-refractivity contribution is 5.03. The van der Waals surface area contributed by atoms with Crippen molar-refractivity contribution in [1.82, 2.24) is 0 Å². The largest absolute Gasteiger partial charge is 0.378 e. The molecule has 0 saturated carbocycles. The Morgan fingerprint density at radius 1 is 0.857 bits per heavy atom. The van der Waals surface area contributed by atoms with Crippen LogP contribution in [0.2, 0.25) is 0 Å². The lowest BCUT2D eigenvalue weighted by Crippen LogP contribution is -2.20. The van der Waals surface area contributed by atoms with Gasteiger partial charge in [0.05, 0.1) is 0 Å². The molecule has 0 radical (unpaired) electrons. The molecule has 1 heteroatoms. The maximum absolute atomic E-state index is 9.77. The van der Waals surface area contributed by atoms with Crippen LogP contribution in [0.3, 0.4) is 0 Å². The molecule has 0 spiro atoms. The van der Waals surface area contributed by atoms with E-state index < -0.39 is 5.60 Å². The first-order chi connectivity index (χ1) is 9.76. The molecule has 1 nitrogen and oxygen atoms in total. The van der Waals surface area contributed by atoms with Crippen LogP contribution < -0.4 is 0 Å². The minimum Gasteiger partial charge on any atom is -0.378 e. The van der Waals surface area contributed by atoms with Gasteiger partial charge >= 0.3 is 0 Å². The summed E-state index contributed by atoms with van der Waals surface area (Å²) in [6, 6.07) is 0. The number of aliphatic hydroxyl groups is 1. The highest BCUT2D eigenvalue weighted by Gasteiger charge is 2.16. The molecule has 0 amide bonds. The zero-order valence-corrected chi connectivity index (χ0v) is 15.1. The maximum Gasteiger partial charge on any atom is 0.122 e. The van der Waals surface area contributed by atoms with Gasteiger partial charge in [-0.05, 0) is 37.5 Å². The SMILES string of the molecule is C#C[C@](C)(O)CCC[C@H](C)CCC[C@@H](C)CCCC(C)C. The Bertz CT molecular complexity index is 285. The van der Waals surface area contributed by atoms with Gasteiger partial charge in [-0.25, -0.2) is 0 Å². The molecule has 21 heavy (non-hydrogen) atoms. The highest BCUT2D eigenvalue weighted by atomic mass is 16.3. The average Bonchev–Trinajstić information content (AvgIpc) is 2.38. The molecule has 0 saturated heterocycles. The van der Waals surface area contributed by atoms with Gasteiger partial charge in [0, 0.05) is 0 Å². The highest BCUT2D eigenvalue weighted by Crippen LogP contribution is 2.22. The van der Waals surface area contributed by atoms with E-state index in [2.05, 4.69) is 33.6 Å². The molecule has 0 aromatic carbocycles. The summed E-state index contributed by atoms with van der Waals surface area (Å²) in [5, 5.41) is 9.77. The van der Waals surface area contributed by atoms with E-state index >= 15 is 0 Å². The molecule has 0 fully saturated rings. The van der Waals surface area contributed by atoms with Gasteiger partial charge in [0.2, 0.25) is 0 Å². The summed E-state index contributed by atoms with van der Waals surface area (Å²) in [5.41, 5.74) is -0.912. The normalized spacial score (nSPS) is 17.2. The van der Waals surface area contributed by atoms with Gasteiger partial charge in [0.15, 0.2) is 0 Å². The zero-order valence-electron chi connectivity index (χ0n) is 15.1. The van der Waals surface area contributed by atoms with Crippen molar-refractivity contribution < 1.29 is 5.11 Å². The first kappa shape index (κ1) is 20.5. The van der Waals surface area contributed by atoms with E-state index in [-0.39, 0.29) is 0 Å². The summed E-state index contributed by atoms with van der Waals surface area (Å²) < 4.78 is 0. The number of rotatable bonds is 12. The molecule has 0 aromatic heterocycles. The Morgan fingerprint density at radius 2 is 1.29 bits per heavy atom. The molecular formula is C20H38O. The third kappa shape index (κ3) is 12.9. The molecule has 0 aliphatic heterocycles. The second-order valence-electron chi connectivity index (χ2n) is 7.78. The van der Waals surface area contributed by atoms with Crippen molar-refractivity contribution in [2.45, 2.75) is 98.0 Å². The Kier molecular flexibility index (Phi) is 10.9. The fourth-order valence-electron chi connectivity index (χ4n) is 2.84. The third-order valence-electron chi connectivity index (χ3n) is 4.54. The van der Waals surface area contributed by atoms with Crippen molar-refractivity contribution in [1.29, 1.82) is 0 Å². The third-order valence-corrected chi connectivity index (χ3v) is 4.54. The topological polar surface area (TPSA) is 20.2 Å². The number of hydrogen-bond acceptors (Lipinski definition) is 1. The molecule has 0 rings (SSSR count). The van der Waals surface area contributed by atoms with Gasteiger partial charge in [0.25, 0.3) is 0 Å². The molecule has 0 heterocycles. The van der Waals surface area contributed by atoms with E-state index in [1.54, 1.807) is 6.92 Å². The van der Waals surface area contributed by atoms with Gasteiger partial charge < -0.3 is 5.11 Å². The lowest BCUT2D eigenvalue weighted by atomic mass is 9.90. The van der Waals surface area contributed by atoms with Crippen LogP contribution in [0.4, 0.5) is 0 Å². The Morgan fingerprint density at radius 3 is 1.71 bits per heavy atom. The molecular weight excluding hydrogens is 256 g/mol. The van der Waals surface area contributed by atoms with Crippen LogP contribution in [-0.4, -0.2) is 10.7 Å². The second-order valence-corrected chi connectivity index (χ2v) is 7.78. The first-order valence-electron chi connectivity index (χ1n) is 8.97. The predicted molar refractivity (Wildman–Crippen MR) is 94.2 cm³/mol. The summed E-state index contributed by atoms with van der Waals surface area (Å²) in [6.45, 7) is 11.1. The van der Waals surface area contributed by atoms with Gasteiger partial charge in [-0.3, -0.25) is 0 Å². The van der Waals surface area contributed by atoms with Gasteiger partial charge in [0.1, 0.15) is 5.60 Å². The van der Waals surface area contributed by atoms with E-state index in [9.17, 15) is 5.11 Å². The summed E-state index contributed by atoms with van der Waals surface area (Å²) in [7, 11) is 0. The summed E-state index contributed by atoms with van der Waals surface area (Å²) in [6.07, 6.45) is 16.4. The minimum absolute atomic E-state index is 0.722. The van der Waals surface area contributed by atoms with E-state index in [0.717, 1.165) is 30.6 Å². The predicted octanol–water partition coefficient (Wildman–Crippen LogP) is 5.81. The molecule has 0 bridgehead atoms. The monoisotopic (exact) mass is 294 g/mol. The smallest absolute Gasteiger partial charge is 0.122 e. The van der Waals surface area contributed by atoms with Crippen molar-refractivity contribution >= 4 is 0 Å². The summed E-state index contributed by atoms with van der Waals surface area (Å²) in [5.74, 6) is 4.93. The van der Waals surface area contributed by atoms with Crippen LogP contribution in [0.5, 0.6) is 0 Å². The van der Waals surface area contributed by atoms with E-state index in [0.29, 0.717) is 0 Å². The number of hydrogen-bond donors (Lipinski definition) is 1. The number of terminal acetylenes is 1. The van der Waals surface area contributed by atoms with Crippen molar-refractivity contribution in [3.63, 3.8) is 0 Å². The van der Waals surface area contributed by atoms with Crippen LogP contribution in [0, 0.1) is 30.1 Å².